The number of carbonyl (C=O) groups excluding carboxylic acids is 2. The Labute approximate surface area is 125 Å². The van der Waals surface area contributed by atoms with E-state index in [4.69, 9.17) is 9.63 Å². The van der Waals surface area contributed by atoms with Crippen LogP contribution in [0.1, 0.15) is 16.6 Å². The maximum Gasteiger partial charge on any atom is 0.345 e. The van der Waals surface area contributed by atoms with E-state index < -0.39 is 0 Å². The molecular weight excluding hydrogens is 294 g/mol. The monoisotopic (exact) mass is 309 g/mol. The third-order valence-electron chi connectivity index (χ3n) is 2.93. The highest BCUT2D eigenvalue weighted by atomic mass is 32.1. The van der Waals surface area contributed by atoms with Crippen LogP contribution in [0, 0.1) is 0 Å². The number of urea groups is 1. The molecule has 0 spiro atoms. The van der Waals surface area contributed by atoms with Crippen LogP contribution in [-0.2, 0) is 16.2 Å². The van der Waals surface area contributed by atoms with E-state index in [-0.39, 0.29) is 12.1 Å². The summed E-state index contributed by atoms with van der Waals surface area (Å²) in [5, 5.41) is 4.44. The number of hydrogen-bond acceptors (Lipinski definition) is 6. The zero-order valence-corrected chi connectivity index (χ0v) is 12.1. The summed E-state index contributed by atoms with van der Waals surface area (Å²) < 4.78 is 0. The van der Waals surface area contributed by atoms with Gasteiger partial charge in [-0.2, -0.15) is 10.2 Å². The Kier molecular flexibility index (Phi) is 5.01. The Balaban J connectivity index is 0.000000282. The Morgan fingerprint density at radius 2 is 2.48 bits per heavy atom. The van der Waals surface area contributed by atoms with Crippen LogP contribution in [0.4, 0.5) is 4.79 Å². The molecule has 2 aliphatic rings. The molecule has 2 aliphatic heterocycles. The van der Waals surface area contributed by atoms with Crippen LogP contribution in [0.15, 0.2) is 23.3 Å². The van der Waals surface area contributed by atoms with Gasteiger partial charge in [-0.05, 0) is 0 Å². The Morgan fingerprint density at radius 3 is 3.10 bits per heavy atom. The Morgan fingerprint density at radius 1 is 1.67 bits per heavy atom. The first-order valence-corrected chi connectivity index (χ1v) is 7.00. The van der Waals surface area contributed by atoms with E-state index in [1.54, 1.807) is 22.3 Å². The van der Waals surface area contributed by atoms with Crippen molar-refractivity contribution in [2.45, 2.75) is 12.6 Å². The number of amides is 3. The summed E-state index contributed by atoms with van der Waals surface area (Å²) in [5.74, 6) is 0. The normalized spacial score (nSPS) is 18.5. The molecule has 1 aromatic rings. The maximum atomic E-state index is 11.9. The van der Waals surface area contributed by atoms with Gasteiger partial charge in [0.25, 0.3) is 0 Å². The van der Waals surface area contributed by atoms with Crippen LogP contribution in [0.25, 0.3) is 0 Å². The molecule has 3 heterocycles. The van der Waals surface area contributed by atoms with Gasteiger partial charge >= 0.3 is 6.03 Å². The lowest BCUT2D eigenvalue weighted by molar-refractivity contribution is -0.118. The van der Waals surface area contributed by atoms with Gasteiger partial charge in [0.1, 0.15) is 6.04 Å². The van der Waals surface area contributed by atoms with E-state index in [0.717, 1.165) is 10.6 Å². The second kappa shape index (κ2) is 6.95. The molecule has 0 saturated carbocycles. The van der Waals surface area contributed by atoms with E-state index in [2.05, 4.69) is 23.4 Å². The molecule has 3 rings (SSSR count). The molecule has 21 heavy (non-hydrogen) atoms. The molecule has 0 aromatic carbocycles. The highest BCUT2D eigenvalue weighted by molar-refractivity contribution is 7.09. The van der Waals surface area contributed by atoms with Gasteiger partial charge < -0.3 is 4.90 Å². The smallest absolute Gasteiger partial charge is 0.314 e. The zero-order valence-electron chi connectivity index (χ0n) is 11.3. The molecule has 0 unspecified atom stereocenters. The number of hydrogen-bond donors (Lipinski definition) is 1. The van der Waals surface area contributed by atoms with Crippen molar-refractivity contribution < 1.29 is 14.4 Å². The maximum absolute atomic E-state index is 11.9. The van der Waals surface area contributed by atoms with Crippen LogP contribution in [0.5, 0.6) is 0 Å². The number of carbonyl (C=O) groups is 2. The van der Waals surface area contributed by atoms with Crippen molar-refractivity contribution in [3.63, 3.8) is 0 Å². The minimum atomic E-state index is -0.0722. The first-order chi connectivity index (χ1) is 10.2. The second-order valence-electron chi connectivity index (χ2n) is 4.16. The molecule has 1 fully saturated rings. The summed E-state index contributed by atoms with van der Waals surface area (Å²) >= 11 is 1.59. The fourth-order valence-corrected chi connectivity index (χ4v) is 2.99. The highest BCUT2D eigenvalue weighted by Crippen LogP contribution is 2.39. The molecule has 3 amide bonds. The number of hydrazone groups is 1. The van der Waals surface area contributed by atoms with E-state index in [1.165, 1.54) is 5.06 Å². The van der Waals surface area contributed by atoms with Gasteiger partial charge in [0, 0.05) is 6.72 Å². The van der Waals surface area contributed by atoms with Crippen molar-refractivity contribution in [3.05, 3.63) is 28.7 Å². The zero-order chi connectivity index (χ0) is 15.2. The van der Waals surface area contributed by atoms with Crippen molar-refractivity contribution in [1.82, 2.24) is 20.4 Å². The van der Waals surface area contributed by atoms with Gasteiger partial charge in [0.15, 0.2) is 0 Å². The van der Waals surface area contributed by atoms with Gasteiger partial charge in [-0.15, -0.1) is 17.9 Å². The summed E-state index contributed by atoms with van der Waals surface area (Å²) in [6, 6.07) is -0.0687. The van der Waals surface area contributed by atoms with Gasteiger partial charge in [0.05, 0.1) is 35.8 Å². The Hall–Kier alpha value is -2.26. The molecule has 8 nitrogen and oxygen atoms in total. The first-order valence-electron chi connectivity index (χ1n) is 6.12. The van der Waals surface area contributed by atoms with E-state index >= 15 is 0 Å². The van der Waals surface area contributed by atoms with Crippen LogP contribution in [0.2, 0.25) is 0 Å². The summed E-state index contributed by atoms with van der Waals surface area (Å²) in [6.45, 7) is 8.19. The number of nitrogens with one attached hydrogen (secondary N) is 1. The highest BCUT2D eigenvalue weighted by Gasteiger charge is 2.45. The SMILES string of the molecule is C=CCON1C(=O)N2Cc3ncsc3[C@@H]1C2.C=NNC=O. The van der Waals surface area contributed by atoms with E-state index in [9.17, 15) is 4.79 Å². The van der Waals surface area contributed by atoms with E-state index in [0.29, 0.717) is 26.1 Å². The first kappa shape index (κ1) is 15.1. The predicted molar refractivity (Wildman–Crippen MR) is 77.4 cm³/mol. The molecular formula is C12H15N5O3S. The number of fused-ring (bicyclic) bond motifs is 4. The average molecular weight is 309 g/mol. The number of nitrogens with zero attached hydrogens (tertiary/aromatic N) is 4. The van der Waals surface area contributed by atoms with Crippen LogP contribution in [0.3, 0.4) is 0 Å². The lowest BCUT2D eigenvalue weighted by atomic mass is 10.1. The van der Waals surface area contributed by atoms with Crippen molar-refractivity contribution in [2.24, 2.45) is 5.10 Å². The molecule has 0 aliphatic carbocycles. The molecule has 1 saturated heterocycles. The minimum absolute atomic E-state index is 0.00343. The number of rotatable bonds is 5. The van der Waals surface area contributed by atoms with Gasteiger partial charge in [-0.25, -0.2) is 9.78 Å². The van der Waals surface area contributed by atoms with E-state index in [1.807, 2.05) is 10.9 Å². The quantitative estimate of drug-likeness (QED) is 0.379. The summed E-state index contributed by atoms with van der Waals surface area (Å²) in [4.78, 5) is 33.7. The largest absolute Gasteiger partial charge is 0.345 e. The third kappa shape index (κ3) is 3.09. The van der Waals surface area contributed by atoms with Gasteiger partial charge in [0.2, 0.25) is 6.41 Å². The molecule has 2 bridgehead atoms. The van der Waals surface area contributed by atoms with Gasteiger partial charge in [-0.3, -0.25) is 15.1 Å². The molecule has 0 radical (unpaired) electrons. The second-order valence-corrected chi connectivity index (χ2v) is 5.04. The lowest BCUT2D eigenvalue weighted by Gasteiger charge is -2.21. The predicted octanol–water partition coefficient (Wildman–Crippen LogP) is 0.901. The Bertz CT molecular complexity index is 541. The molecule has 9 heteroatoms. The number of hydroxylamine groups is 2. The summed E-state index contributed by atoms with van der Waals surface area (Å²) in [5.41, 5.74) is 4.77. The third-order valence-corrected chi connectivity index (χ3v) is 3.90. The fourth-order valence-electron chi connectivity index (χ4n) is 2.12. The summed E-state index contributed by atoms with van der Waals surface area (Å²) in [7, 11) is 0. The van der Waals surface area contributed by atoms with Crippen molar-refractivity contribution in [3.8, 4) is 0 Å². The van der Waals surface area contributed by atoms with Crippen LogP contribution < -0.4 is 5.43 Å². The lowest BCUT2D eigenvalue weighted by Crippen LogP contribution is -2.30. The number of thiazole rings is 1. The van der Waals surface area contributed by atoms with Crippen LogP contribution >= 0.6 is 11.3 Å². The molecule has 1 N–H and O–H groups in total. The standard InChI is InChI=1S/C10H11N3O2S.C2H4N2O/c1-2-3-15-13-8-5-12(10(13)14)4-7-9(8)16-6-11-7;1-3-4-2-5/h2,6,8H,1,3-5H2;2H,1H2,(H,4,5)/t8-;/m0./s1. The topological polar surface area (TPSA) is 87.1 Å². The van der Waals surface area contributed by atoms with Gasteiger partial charge in [-0.1, -0.05) is 6.08 Å². The van der Waals surface area contributed by atoms with Crippen molar-refractivity contribution >= 4 is 30.5 Å². The fraction of sp³-hybridized carbons (Fsp3) is 0.333. The summed E-state index contributed by atoms with van der Waals surface area (Å²) in [6.07, 6.45) is 2.09. The van der Waals surface area contributed by atoms with Crippen LogP contribution in [-0.4, -0.2) is 47.3 Å². The molecule has 1 atom stereocenters. The van der Waals surface area contributed by atoms with Crippen molar-refractivity contribution in [1.29, 1.82) is 0 Å². The number of aromatic nitrogens is 1. The molecule has 1 aromatic heterocycles. The molecule has 112 valence electrons. The van der Waals surface area contributed by atoms with Crippen molar-refractivity contribution in [2.75, 3.05) is 13.2 Å². The average Bonchev–Trinajstić information content (AvgIpc) is 3.05. The minimum Gasteiger partial charge on any atom is -0.314 e.